The second-order valence-corrected chi connectivity index (χ2v) is 8.37. The van der Waals surface area contributed by atoms with Crippen molar-refractivity contribution < 1.29 is 27.9 Å². The fourth-order valence-corrected chi connectivity index (χ4v) is 4.03. The number of benzene rings is 2. The van der Waals surface area contributed by atoms with Gasteiger partial charge in [-0.2, -0.15) is 18.3 Å². The van der Waals surface area contributed by atoms with Crippen LogP contribution in [0.5, 0.6) is 11.5 Å². The van der Waals surface area contributed by atoms with Crippen LogP contribution in [0, 0.1) is 6.92 Å². The predicted molar refractivity (Wildman–Crippen MR) is 125 cm³/mol. The van der Waals surface area contributed by atoms with Gasteiger partial charge < -0.3 is 19.6 Å². The topological polar surface area (TPSA) is 84.5 Å². The first-order valence-electron chi connectivity index (χ1n) is 10.00. The summed E-state index contributed by atoms with van der Waals surface area (Å²) in [6.45, 7) is 1.93. The van der Waals surface area contributed by atoms with Crippen LogP contribution in [0.4, 0.5) is 19.0 Å². The van der Waals surface area contributed by atoms with Crippen molar-refractivity contribution in [3.8, 4) is 17.2 Å². The van der Waals surface area contributed by atoms with E-state index in [0.29, 0.717) is 22.7 Å². The van der Waals surface area contributed by atoms with Gasteiger partial charge in [-0.25, -0.2) is 9.67 Å². The Morgan fingerprint density at radius 2 is 1.89 bits per heavy atom. The Balaban J connectivity index is 1.89. The Hall–Kier alpha value is -3.44. The molecule has 2 aromatic carbocycles. The molecule has 1 N–H and O–H groups in total. The molecule has 8 nitrogen and oxygen atoms in total. The fourth-order valence-electron chi connectivity index (χ4n) is 3.38. The van der Waals surface area contributed by atoms with Crippen molar-refractivity contribution in [3.05, 3.63) is 62.8 Å². The molecule has 3 aromatic rings. The van der Waals surface area contributed by atoms with E-state index in [9.17, 15) is 18.3 Å². The number of rotatable bonds is 5. The summed E-state index contributed by atoms with van der Waals surface area (Å²) >= 11 is 12.5. The van der Waals surface area contributed by atoms with Crippen LogP contribution < -0.4 is 4.74 Å². The molecule has 0 fully saturated rings. The van der Waals surface area contributed by atoms with Crippen molar-refractivity contribution in [1.82, 2.24) is 14.7 Å². The summed E-state index contributed by atoms with van der Waals surface area (Å²) < 4.78 is 46.1. The van der Waals surface area contributed by atoms with Gasteiger partial charge in [-0.3, -0.25) is 0 Å². The first-order valence-corrected chi connectivity index (χ1v) is 10.8. The molecule has 0 bridgehead atoms. The molecule has 0 unspecified atom stereocenters. The molecule has 0 radical (unpaired) electrons. The number of oxime groups is 1. The average Bonchev–Trinajstić information content (AvgIpc) is 3.34. The molecular formula is C22H18Cl2F3N5O3. The molecular weight excluding hydrogens is 510 g/mol. The fraction of sp³-hybridized carbons (Fsp3) is 0.227. The van der Waals surface area contributed by atoms with E-state index in [2.05, 4.69) is 15.2 Å². The highest BCUT2D eigenvalue weighted by atomic mass is 35.5. The van der Waals surface area contributed by atoms with E-state index in [0.717, 1.165) is 12.1 Å². The minimum Gasteiger partial charge on any atom is -0.504 e. The molecule has 13 heteroatoms. The van der Waals surface area contributed by atoms with Gasteiger partial charge in [0.05, 0.1) is 22.7 Å². The molecule has 0 aliphatic carbocycles. The molecule has 0 saturated carbocycles. The van der Waals surface area contributed by atoms with Gasteiger partial charge in [0.1, 0.15) is 11.4 Å². The molecule has 4 rings (SSSR count). The molecule has 1 aromatic heterocycles. The van der Waals surface area contributed by atoms with Crippen molar-refractivity contribution in [2.75, 3.05) is 20.9 Å². The Labute approximate surface area is 207 Å². The minimum absolute atomic E-state index is 0.0216. The Bertz CT molecular complexity index is 1330. The van der Waals surface area contributed by atoms with Crippen molar-refractivity contribution in [2.24, 2.45) is 10.1 Å². The van der Waals surface area contributed by atoms with Gasteiger partial charge in [-0.1, -0.05) is 28.4 Å². The van der Waals surface area contributed by atoms with Crippen LogP contribution in [-0.2, 0) is 11.0 Å². The summed E-state index contributed by atoms with van der Waals surface area (Å²) in [6.07, 6.45) is -3.15. The highest BCUT2D eigenvalue weighted by Gasteiger charge is 2.33. The highest BCUT2D eigenvalue weighted by Crippen LogP contribution is 2.40. The Morgan fingerprint density at radius 3 is 2.46 bits per heavy atom. The maximum Gasteiger partial charge on any atom is 0.416 e. The van der Waals surface area contributed by atoms with E-state index >= 15 is 0 Å². The van der Waals surface area contributed by atoms with Crippen molar-refractivity contribution in [2.45, 2.75) is 13.1 Å². The maximum absolute atomic E-state index is 13.2. The summed E-state index contributed by atoms with van der Waals surface area (Å²) in [7, 11) is 3.16. The summed E-state index contributed by atoms with van der Waals surface area (Å²) in [5.74, 6) is 0.855. The number of hydrogen-bond donors (Lipinski definition) is 1. The number of hydrogen-bond acceptors (Lipinski definition) is 7. The number of aliphatic imine (C=N–C) groups is 1. The summed E-state index contributed by atoms with van der Waals surface area (Å²) in [6, 6.07) is 6.18. The lowest BCUT2D eigenvalue weighted by molar-refractivity contribution is -0.137. The lowest BCUT2D eigenvalue weighted by Gasteiger charge is -2.13. The van der Waals surface area contributed by atoms with Gasteiger partial charge in [0, 0.05) is 18.8 Å². The molecule has 0 atom stereocenters. The van der Waals surface area contributed by atoms with Crippen molar-refractivity contribution >= 4 is 41.1 Å². The van der Waals surface area contributed by atoms with E-state index in [1.165, 1.54) is 24.1 Å². The zero-order valence-corrected chi connectivity index (χ0v) is 20.1. The van der Waals surface area contributed by atoms with Gasteiger partial charge >= 0.3 is 6.18 Å². The van der Waals surface area contributed by atoms with E-state index in [1.807, 2.05) is 0 Å². The van der Waals surface area contributed by atoms with E-state index in [1.54, 1.807) is 31.0 Å². The molecule has 2 heterocycles. The number of halogens is 5. The lowest BCUT2D eigenvalue weighted by Crippen LogP contribution is -2.24. The number of phenolic OH excluding ortho intramolecular Hbond substituents is 1. The van der Waals surface area contributed by atoms with Gasteiger partial charge in [0.2, 0.25) is 0 Å². The molecule has 184 valence electrons. The smallest absolute Gasteiger partial charge is 0.416 e. The average molecular weight is 528 g/mol. The third kappa shape index (κ3) is 4.73. The second kappa shape index (κ2) is 9.31. The van der Waals surface area contributed by atoms with E-state index in [-0.39, 0.29) is 39.8 Å². The van der Waals surface area contributed by atoms with Crippen LogP contribution in [0.2, 0.25) is 10.0 Å². The quantitative estimate of drug-likeness (QED) is 0.439. The van der Waals surface area contributed by atoms with Crippen LogP contribution in [0.25, 0.3) is 5.69 Å². The third-order valence-corrected chi connectivity index (χ3v) is 5.74. The first kappa shape index (κ1) is 24.7. The van der Waals surface area contributed by atoms with Crippen LogP contribution in [0.1, 0.15) is 22.4 Å². The number of aromatic nitrogens is 2. The monoisotopic (exact) mass is 527 g/mol. The van der Waals surface area contributed by atoms with Crippen LogP contribution in [0.3, 0.4) is 0 Å². The first-order chi connectivity index (χ1) is 16.5. The highest BCUT2D eigenvalue weighted by molar-refractivity contribution is 6.38. The number of amidine groups is 1. The number of ether oxygens (including phenoxy) is 1. The molecule has 0 spiro atoms. The van der Waals surface area contributed by atoms with Gasteiger partial charge in [-0.15, -0.1) is 0 Å². The minimum atomic E-state index is -4.63. The zero-order valence-electron chi connectivity index (χ0n) is 18.6. The van der Waals surface area contributed by atoms with E-state index in [4.69, 9.17) is 32.8 Å². The molecule has 35 heavy (non-hydrogen) atoms. The van der Waals surface area contributed by atoms with Crippen LogP contribution >= 0.6 is 23.2 Å². The lowest BCUT2D eigenvalue weighted by atomic mass is 10.2. The SMILES string of the molecule is COc1cc(/C=N/c2c(C)c(C3=NOCN3C)nn2-c2c(Cl)cc(C(F)(F)F)cc2Cl)ccc1O. The van der Waals surface area contributed by atoms with Crippen LogP contribution in [0.15, 0.2) is 40.5 Å². The summed E-state index contributed by atoms with van der Waals surface area (Å²) in [5, 5.41) is 17.8. The number of alkyl halides is 3. The number of phenols is 1. The standard InChI is InChI=1S/C22H18Cl2F3N5O3/c1-11-18(21-30-35-10-31(21)2)29-32(19-14(23)7-13(8-15(19)24)22(25,26)27)20(11)28-9-12-4-5-16(33)17(6-12)34-3/h4-9,33H,10H2,1-3H3/b28-9+. The maximum atomic E-state index is 13.2. The third-order valence-electron chi connectivity index (χ3n) is 5.16. The second-order valence-electron chi connectivity index (χ2n) is 7.56. The normalized spacial score (nSPS) is 13.9. The summed E-state index contributed by atoms with van der Waals surface area (Å²) in [5.41, 5.74) is 0.544. The molecule has 0 saturated heterocycles. The Morgan fingerprint density at radius 1 is 1.20 bits per heavy atom. The van der Waals surface area contributed by atoms with Crippen LogP contribution in [-0.4, -0.2) is 52.7 Å². The molecule has 1 aliphatic heterocycles. The molecule has 0 amide bonds. The number of aromatic hydroxyl groups is 1. The Kier molecular flexibility index (Phi) is 6.56. The largest absolute Gasteiger partial charge is 0.504 e. The number of nitrogens with zero attached hydrogens (tertiary/aromatic N) is 5. The van der Waals surface area contributed by atoms with Gasteiger partial charge in [0.25, 0.3) is 0 Å². The zero-order chi connectivity index (χ0) is 25.5. The van der Waals surface area contributed by atoms with Crippen molar-refractivity contribution in [3.63, 3.8) is 0 Å². The van der Waals surface area contributed by atoms with Gasteiger partial charge in [0.15, 0.2) is 29.9 Å². The number of methoxy groups -OCH3 is 1. The molecule has 1 aliphatic rings. The van der Waals surface area contributed by atoms with Gasteiger partial charge in [-0.05, 0) is 42.8 Å². The van der Waals surface area contributed by atoms with E-state index < -0.39 is 11.7 Å². The van der Waals surface area contributed by atoms with Crippen molar-refractivity contribution in [1.29, 1.82) is 0 Å². The predicted octanol–water partition coefficient (Wildman–Crippen LogP) is 5.55. The summed E-state index contributed by atoms with van der Waals surface area (Å²) in [4.78, 5) is 11.3.